The van der Waals surface area contributed by atoms with Crippen molar-refractivity contribution in [3.8, 4) is 11.3 Å². The first-order valence-electron chi connectivity index (χ1n) is 7.49. The molecule has 0 saturated carbocycles. The fourth-order valence-corrected chi connectivity index (χ4v) is 2.51. The molecule has 0 aliphatic heterocycles. The van der Waals surface area contributed by atoms with Gasteiger partial charge in [0.25, 0.3) is 5.91 Å². The third-order valence-electron chi connectivity index (χ3n) is 3.49. The quantitative estimate of drug-likeness (QED) is 0.632. The van der Waals surface area contributed by atoms with Crippen LogP contribution in [0.4, 0.5) is 10.1 Å². The van der Waals surface area contributed by atoms with E-state index < -0.39 is 17.7 Å². The second-order valence-electron chi connectivity index (χ2n) is 5.19. The van der Waals surface area contributed by atoms with Gasteiger partial charge in [-0.2, -0.15) is 10.2 Å². The van der Waals surface area contributed by atoms with Gasteiger partial charge in [0.05, 0.1) is 40.9 Å². The van der Waals surface area contributed by atoms with Gasteiger partial charge in [0.1, 0.15) is 5.82 Å². The maximum Gasteiger partial charge on any atom is 0.340 e. The van der Waals surface area contributed by atoms with E-state index in [0.717, 1.165) is 13.2 Å². The fraction of sp³-hybridized carbons (Fsp3) is 0.0588. The summed E-state index contributed by atoms with van der Waals surface area (Å²) in [6.45, 7) is 0. The molecule has 2 heterocycles. The smallest absolute Gasteiger partial charge is 0.340 e. The Morgan fingerprint density at radius 2 is 1.96 bits per heavy atom. The first kappa shape index (κ1) is 18.5. The van der Waals surface area contributed by atoms with E-state index in [1.54, 1.807) is 12.1 Å². The lowest BCUT2D eigenvalue weighted by molar-refractivity contribution is 0.0601. The van der Waals surface area contributed by atoms with Crippen molar-refractivity contribution in [2.45, 2.75) is 0 Å². The monoisotopic (exact) mass is 431 g/mol. The molecule has 0 atom stereocenters. The van der Waals surface area contributed by atoms with Crippen LogP contribution >= 0.6 is 15.9 Å². The van der Waals surface area contributed by atoms with Crippen LogP contribution in [0, 0.1) is 5.82 Å². The molecule has 0 aliphatic carbocycles. The van der Waals surface area contributed by atoms with Gasteiger partial charge in [-0.3, -0.25) is 4.79 Å². The summed E-state index contributed by atoms with van der Waals surface area (Å²) in [6, 6.07) is 7.01. The van der Waals surface area contributed by atoms with Crippen LogP contribution in [-0.4, -0.2) is 39.4 Å². The number of ether oxygens (including phenoxy) is 1. The molecule has 2 aromatic heterocycles. The molecule has 3 rings (SSSR count). The Morgan fingerprint density at radius 1 is 1.15 bits per heavy atom. The highest BCUT2D eigenvalue weighted by Gasteiger charge is 2.19. The second-order valence-corrected chi connectivity index (χ2v) is 6.05. The summed E-state index contributed by atoms with van der Waals surface area (Å²) in [7, 11) is 1.16. The molecule has 0 unspecified atom stereocenters. The van der Waals surface area contributed by atoms with E-state index in [1.165, 1.54) is 24.5 Å². The number of hydrogen-bond acceptors (Lipinski definition) is 7. The third-order valence-corrected chi connectivity index (χ3v) is 4.10. The number of nitrogens with zero attached hydrogens (tertiary/aromatic N) is 4. The number of halogens is 2. The summed E-state index contributed by atoms with van der Waals surface area (Å²) < 4.78 is 18.4. The number of amides is 1. The van der Waals surface area contributed by atoms with Crippen molar-refractivity contribution < 1.29 is 18.7 Å². The maximum atomic E-state index is 13.7. The highest BCUT2D eigenvalue weighted by Crippen LogP contribution is 2.26. The van der Waals surface area contributed by atoms with Crippen molar-refractivity contribution in [1.29, 1.82) is 0 Å². The molecule has 8 nitrogen and oxygen atoms in total. The number of esters is 1. The molecular formula is C17H11BrFN5O3. The van der Waals surface area contributed by atoms with Gasteiger partial charge >= 0.3 is 5.97 Å². The zero-order valence-corrected chi connectivity index (χ0v) is 15.4. The number of aromatic nitrogens is 4. The average Bonchev–Trinajstić information content (AvgIpc) is 2.70. The van der Waals surface area contributed by atoms with Gasteiger partial charge in [-0.25, -0.2) is 9.18 Å². The normalized spacial score (nSPS) is 10.3. The molecule has 1 amide bonds. The van der Waals surface area contributed by atoms with E-state index in [4.69, 9.17) is 0 Å². The van der Waals surface area contributed by atoms with Crippen molar-refractivity contribution >= 4 is 33.5 Å². The van der Waals surface area contributed by atoms with Gasteiger partial charge in [0.2, 0.25) is 0 Å². The van der Waals surface area contributed by atoms with Gasteiger partial charge in [-0.15, -0.1) is 10.2 Å². The highest BCUT2D eigenvalue weighted by molar-refractivity contribution is 9.10. The molecule has 1 aromatic carbocycles. The van der Waals surface area contributed by atoms with Crippen molar-refractivity contribution in [3.63, 3.8) is 0 Å². The van der Waals surface area contributed by atoms with Gasteiger partial charge in [0, 0.05) is 5.56 Å². The number of benzene rings is 1. The van der Waals surface area contributed by atoms with Crippen LogP contribution in [0.15, 0.2) is 47.2 Å². The van der Waals surface area contributed by atoms with E-state index in [2.05, 4.69) is 46.4 Å². The van der Waals surface area contributed by atoms with Gasteiger partial charge in [0.15, 0.2) is 5.69 Å². The maximum absolute atomic E-state index is 13.7. The SMILES string of the molecule is COC(=O)c1cc(F)c(Br)cc1NC(=O)c1ccc(-c2ccnnc2)nn1. The predicted molar refractivity (Wildman–Crippen MR) is 96.5 cm³/mol. The van der Waals surface area contributed by atoms with Gasteiger partial charge < -0.3 is 10.1 Å². The summed E-state index contributed by atoms with van der Waals surface area (Å²) in [4.78, 5) is 24.2. The minimum absolute atomic E-state index is 0.0111. The summed E-state index contributed by atoms with van der Waals surface area (Å²) in [5.41, 5.74) is 1.17. The van der Waals surface area contributed by atoms with E-state index >= 15 is 0 Å². The lowest BCUT2D eigenvalue weighted by Crippen LogP contribution is -2.17. The first-order chi connectivity index (χ1) is 13.0. The lowest BCUT2D eigenvalue weighted by Gasteiger charge is -2.11. The topological polar surface area (TPSA) is 107 Å². The number of carbonyl (C=O) groups excluding carboxylic acids is 2. The summed E-state index contributed by atoms with van der Waals surface area (Å²) in [5, 5.41) is 17.8. The Morgan fingerprint density at radius 3 is 2.59 bits per heavy atom. The van der Waals surface area contributed by atoms with E-state index in [1.807, 2.05) is 0 Å². The Balaban J connectivity index is 1.85. The molecular weight excluding hydrogens is 421 g/mol. The van der Waals surface area contributed by atoms with Crippen LogP contribution in [0.5, 0.6) is 0 Å². The Labute approximate surface area is 160 Å². The summed E-state index contributed by atoms with van der Waals surface area (Å²) in [6.07, 6.45) is 3.03. The van der Waals surface area contributed by atoms with Crippen molar-refractivity contribution in [1.82, 2.24) is 20.4 Å². The lowest BCUT2D eigenvalue weighted by atomic mass is 10.1. The Hall–Kier alpha value is -3.27. The largest absolute Gasteiger partial charge is 0.465 e. The predicted octanol–water partition coefficient (Wildman–Crippen LogP) is 2.87. The highest BCUT2D eigenvalue weighted by atomic mass is 79.9. The number of nitrogens with one attached hydrogen (secondary N) is 1. The van der Waals surface area contributed by atoms with Crippen LogP contribution in [0.25, 0.3) is 11.3 Å². The molecule has 0 saturated heterocycles. The molecule has 0 radical (unpaired) electrons. The third kappa shape index (κ3) is 4.11. The molecule has 0 spiro atoms. The van der Waals surface area contributed by atoms with Crippen molar-refractivity contribution in [3.05, 3.63) is 64.3 Å². The van der Waals surface area contributed by atoms with Gasteiger partial charge in [-0.1, -0.05) is 0 Å². The fourth-order valence-electron chi connectivity index (χ4n) is 2.16. The average molecular weight is 432 g/mol. The summed E-state index contributed by atoms with van der Waals surface area (Å²) in [5.74, 6) is -2.07. The summed E-state index contributed by atoms with van der Waals surface area (Å²) >= 11 is 3.02. The standard InChI is InChI=1S/C17H11BrFN5O3/c1-27-17(26)10-6-12(19)11(18)7-15(10)22-16(25)14-3-2-13(23-24-14)9-4-5-20-21-8-9/h2-8H,1H3,(H,22,25). The second kappa shape index (κ2) is 7.96. The molecule has 1 N–H and O–H groups in total. The Bertz CT molecular complexity index is 999. The number of methoxy groups -OCH3 is 1. The number of carbonyl (C=O) groups is 2. The van der Waals surface area contributed by atoms with Crippen LogP contribution in [0.3, 0.4) is 0 Å². The van der Waals surface area contributed by atoms with Crippen LogP contribution < -0.4 is 5.32 Å². The first-order valence-corrected chi connectivity index (χ1v) is 8.28. The van der Waals surface area contributed by atoms with E-state index in [0.29, 0.717) is 11.3 Å². The minimum atomic E-state index is -0.789. The minimum Gasteiger partial charge on any atom is -0.465 e. The number of anilines is 1. The molecule has 0 bridgehead atoms. The van der Waals surface area contributed by atoms with Crippen LogP contribution in [0.2, 0.25) is 0 Å². The van der Waals surface area contributed by atoms with Crippen molar-refractivity contribution in [2.75, 3.05) is 12.4 Å². The molecule has 3 aromatic rings. The van der Waals surface area contributed by atoms with Gasteiger partial charge in [-0.05, 0) is 46.3 Å². The van der Waals surface area contributed by atoms with Crippen LogP contribution in [0.1, 0.15) is 20.8 Å². The Kier molecular flexibility index (Phi) is 5.46. The van der Waals surface area contributed by atoms with E-state index in [9.17, 15) is 14.0 Å². The zero-order valence-electron chi connectivity index (χ0n) is 13.8. The van der Waals surface area contributed by atoms with Crippen molar-refractivity contribution in [2.24, 2.45) is 0 Å². The van der Waals surface area contributed by atoms with E-state index in [-0.39, 0.29) is 21.4 Å². The molecule has 0 aliphatic rings. The molecule has 27 heavy (non-hydrogen) atoms. The molecule has 0 fully saturated rings. The molecule has 10 heteroatoms. The molecule has 136 valence electrons. The number of rotatable bonds is 4. The zero-order chi connectivity index (χ0) is 19.4. The number of hydrogen-bond donors (Lipinski definition) is 1. The van der Waals surface area contributed by atoms with Crippen LogP contribution in [-0.2, 0) is 4.74 Å².